The molecule has 122 valence electrons. The molecule has 0 N–H and O–H groups in total. The number of para-hydroxylation sites is 1. The number of hydrogen-bond acceptors (Lipinski definition) is 5. The van der Waals surface area contributed by atoms with Crippen molar-refractivity contribution in [1.29, 1.82) is 0 Å². The first-order valence-corrected chi connectivity index (χ1v) is 7.36. The van der Waals surface area contributed by atoms with Crippen molar-refractivity contribution >= 4 is 5.97 Å². The van der Waals surface area contributed by atoms with Crippen LogP contribution < -0.4 is 14.2 Å². The first kappa shape index (κ1) is 15.7. The van der Waals surface area contributed by atoms with Gasteiger partial charge in [-0.2, -0.15) is 0 Å². The maximum Gasteiger partial charge on any atom is 0.380 e. The molecule has 0 unspecified atom stereocenters. The molecule has 0 atom stereocenters. The van der Waals surface area contributed by atoms with Gasteiger partial charge in [0.15, 0.2) is 0 Å². The Bertz CT molecular complexity index is 790. The maximum absolute atomic E-state index is 12.3. The van der Waals surface area contributed by atoms with E-state index in [2.05, 4.69) is 0 Å². The van der Waals surface area contributed by atoms with Crippen molar-refractivity contribution in [3.63, 3.8) is 0 Å². The lowest BCUT2D eigenvalue weighted by Gasteiger charge is -2.07. The smallest absolute Gasteiger partial charge is 0.380 e. The van der Waals surface area contributed by atoms with Crippen LogP contribution in [0.5, 0.6) is 17.2 Å². The fourth-order valence-corrected chi connectivity index (χ4v) is 2.10. The van der Waals surface area contributed by atoms with E-state index in [1.165, 1.54) is 6.26 Å². The molecule has 1 aromatic heterocycles. The van der Waals surface area contributed by atoms with E-state index in [1.54, 1.807) is 37.4 Å². The molecular weight excluding hydrogens is 308 g/mol. The molecular formula is C19H16O5. The molecule has 5 nitrogen and oxygen atoms in total. The minimum atomic E-state index is -0.572. The summed E-state index contributed by atoms with van der Waals surface area (Å²) < 4.78 is 21.3. The lowest BCUT2D eigenvalue weighted by atomic mass is 10.2. The minimum absolute atomic E-state index is 0.127. The summed E-state index contributed by atoms with van der Waals surface area (Å²) in [6.45, 7) is 0.216. The molecule has 0 saturated heterocycles. The second-order valence-electron chi connectivity index (χ2n) is 4.94. The molecule has 0 aliphatic rings. The van der Waals surface area contributed by atoms with Crippen molar-refractivity contribution in [1.82, 2.24) is 0 Å². The van der Waals surface area contributed by atoms with Crippen molar-refractivity contribution in [2.24, 2.45) is 0 Å². The third-order valence-electron chi connectivity index (χ3n) is 3.34. The second kappa shape index (κ2) is 7.37. The first-order valence-electron chi connectivity index (χ1n) is 7.36. The largest absolute Gasteiger partial charge is 0.497 e. The van der Waals surface area contributed by atoms with E-state index in [1.807, 2.05) is 30.3 Å². The lowest BCUT2D eigenvalue weighted by Crippen LogP contribution is -2.10. The van der Waals surface area contributed by atoms with E-state index < -0.39 is 5.97 Å². The van der Waals surface area contributed by atoms with E-state index in [0.717, 1.165) is 0 Å². The number of ether oxygens (including phenoxy) is 3. The molecule has 0 saturated carbocycles. The van der Waals surface area contributed by atoms with Crippen molar-refractivity contribution in [3.05, 3.63) is 78.3 Å². The van der Waals surface area contributed by atoms with Crippen LogP contribution in [-0.4, -0.2) is 13.1 Å². The average Bonchev–Trinajstić information content (AvgIpc) is 3.10. The van der Waals surface area contributed by atoms with Gasteiger partial charge >= 0.3 is 5.97 Å². The Morgan fingerprint density at radius 2 is 1.62 bits per heavy atom. The van der Waals surface area contributed by atoms with Crippen molar-refractivity contribution in [3.8, 4) is 17.2 Å². The quantitative estimate of drug-likeness (QED) is 0.505. The zero-order valence-corrected chi connectivity index (χ0v) is 13.1. The van der Waals surface area contributed by atoms with Gasteiger partial charge in [-0.3, -0.25) is 0 Å². The van der Waals surface area contributed by atoms with Gasteiger partial charge in [0.2, 0.25) is 5.76 Å². The lowest BCUT2D eigenvalue weighted by molar-refractivity contribution is 0.0697. The van der Waals surface area contributed by atoms with Crippen LogP contribution in [0.1, 0.15) is 16.1 Å². The molecule has 3 rings (SSSR count). The van der Waals surface area contributed by atoms with Gasteiger partial charge in [-0.15, -0.1) is 0 Å². The summed E-state index contributed by atoms with van der Waals surface area (Å²) >= 11 is 0. The highest BCUT2D eigenvalue weighted by Crippen LogP contribution is 2.20. The van der Waals surface area contributed by atoms with Crippen LogP contribution in [0.2, 0.25) is 0 Å². The summed E-state index contributed by atoms with van der Waals surface area (Å²) in [5, 5.41) is 0. The fourth-order valence-electron chi connectivity index (χ4n) is 2.10. The van der Waals surface area contributed by atoms with E-state index in [0.29, 0.717) is 22.8 Å². The summed E-state index contributed by atoms with van der Waals surface area (Å²) in [6.07, 6.45) is 1.44. The Morgan fingerprint density at radius 3 is 2.33 bits per heavy atom. The number of hydrogen-bond donors (Lipinski definition) is 0. The predicted octanol–water partition coefficient (Wildman–Crippen LogP) is 4.09. The molecule has 1 heterocycles. The minimum Gasteiger partial charge on any atom is -0.497 e. The molecule has 0 fully saturated rings. The average molecular weight is 324 g/mol. The molecule has 2 aromatic carbocycles. The summed E-state index contributed by atoms with van der Waals surface area (Å²) in [4.78, 5) is 12.3. The number of carbonyl (C=O) groups excluding carboxylic acids is 1. The Morgan fingerprint density at radius 1 is 0.917 bits per heavy atom. The van der Waals surface area contributed by atoms with Gasteiger partial charge in [-0.1, -0.05) is 18.2 Å². The Kier molecular flexibility index (Phi) is 4.81. The zero-order chi connectivity index (χ0) is 16.8. The van der Waals surface area contributed by atoms with Gasteiger partial charge in [0.25, 0.3) is 0 Å². The number of furan rings is 1. The molecule has 0 radical (unpaired) electrons. The number of esters is 1. The van der Waals surface area contributed by atoms with Crippen LogP contribution in [0.3, 0.4) is 0 Å². The predicted molar refractivity (Wildman–Crippen MR) is 87.4 cm³/mol. The fraction of sp³-hybridized carbons (Fsp3) is 0.105. The van der Waals surface area contributed by atoms with Crippen LogP contribution in [0.4, 0.5) is 0 Å². The highest BCUT2D eigenvalue weighted by atomic mass is 16.5. The van der Waals surface area contributed by atoms with E-state index >= 15 is 0 Å². The maximum atomic E-state index is 12.3. The van der Waals surface area contributed by atoms with Crippen molar-refractivity contribution in [2.75, 3.05) is 7.11 Å². The summed E-state index contributed by atoms with van der Waals surface area (Å²) in [7, 11) is 1.57. The third-order valence-corrected chi connectivity index (χ3v) is 3.34. The highest BCUT2D eigenvalue weighted by Gasteiger charge is 2.18. The molecule has 5 heteroatoms. The summed E-state index contributed by atoms with van der Waals surface area (Å²) in [5.41, 5.74) is 0.623. The Hall–Kier alpha value is -3.21. The molecule has 24 heavy (non-hydrogen) atoms. The Labute approximate surface area is 139 Å². The van der Waals surface area contributed by atoms with Gasteiger partial charge in [-0.05, 0) is 42.5 Å². The molecule has 0 amide bonds. The zero-order valence-electron chi connectivity index (χ0n) is 13.1. The highest BCUT2D eigenvalue weighted by molar-refractivity contribution is 5.89. The molecule has 0 bridgehead atoms. The first-order chi connectivity index (χ1) is 11.8. The number of carbonyl (C=O) groups is 1. The Balaban J connectivity index is 1.66. The van der Waals surface area contributed by atoms with E-state index in [4.69, 9.17) is 18.6 Å². The topological polar surface area (TPSA) is 57.9 Å². The molecule has 0 aliphatic heterocycles. The van der Waals surface area contributed by atoms with Crippen molar-refractivity contribution in [2.45, 2.75) is 6.61 Å². The van der Waals surface area contributed by atoms with Gasteiger partial charge in [-0.25, -0.2) is 4.79 Å². The summed E-state index contributed by atoms with van der Waals surface area (Å²) in [6, 6.07) is 17.8. The monoisotopic (exact) mass is 324 g/mol. The SMILES string of the molecule is COc1ccc(OC(=O)c2occc2COc2ccccc2)cc1. The number of benzene rings is 2. The van der Waals surface area contributed by atoms with Gasteiger partial charge in [0.1, 0.15) is 23.9 Å². The van der Waals surface area contributed by atoms with Crippen LogP contribution >= 0.6 is 0 Å². The standard InChI is InChI=1S/C19H16O5/c1-21-15-7-9-17(10-8-15)24-19(20)18-14(11-12-22-18)13-23-16-5-3-2-4-6-16/h2-12H,13H2,1H3. The second-order valence-corrected chi connectivity index (χ2v) is 4.94. The van der Waals surface area contributed by atoms with E-state index in [-0.39, 0.29) is 12.4 Å². The van der Waals surface area contributed by atoms with Crippen LogP contribution in [0.15, 0.2) is 71.3 Å². The summed E-state index contributed by atoms with van der Waals surface area (Å²) in [5.74, 6) is 1.36. The van der Waals surface area contributed by atoms with Gasteiger partial charge < -0.3 is 18.6 Å². The normalized spacial score (nSPS) is 10.2. The van der Waals surface area contributed by atoms with Gasteiger partial charge in [0.05, 0.1) is 13.4 Å². The number of rotatable bonds is 6. The van der Waals surface area contributed by atoms with Crippen molar-refractivity contribution < 1.29 is 23.4 Å². The third kappa shape index (κ3) is 3.76. The molecule has 0 aliphatic carbocycles. The molecule has 0 spiro atoms. The van der Waals surface area contributed by atoms with Gasteiger partial charge in [0, 0.05) is 5.56 Å². The van der Waals surface area contributed by atoms with Crippen LogP contribution in [0.25, 0.3) is 0 Å². The van der Waals surface area contributed by atoms with Crippen LogP contribution in [-0.2, 0) is 6.61 Å². The van der Waals surface area contributed by atoms with E-state index in [9.17, 15) is 4.79 Å². The van der Waals surface area contributed by atoms with Crippen LogP contribution in [0, 0.1) is 0 Å². The number of methoxy groups -OCH3 is 1. The molecule has 3 aromatic rings.